The number of nitrogens with one attached hydrogen (secondary N) is 4. The quantitative estimate of drug-likeness (QED) is 0.482. The van der Waals surface area contributed by atoms with Crippen LogP contribution in [-0.4, -0.2) is 42.5 Å². The van der Waals surface area contributed by atoms with Crippen molar-refractivity contribution in [3.63, 3.8) is 0 Å². The maximum absolute atomic E-state index is 13.0. The van der Waals surface area contributed by atoms with Crippen LogP contribution in [0.3, 0.4) is 0 Å². The van der Waals surface area contributed by atoms with Crippen molar-refractivity contribution >= 4 is 17.6 Å². The van der Waals surface area contributed by atoms with Gasteiger partial charge >= 0.3 is 6.03 Å². The molecule has 172 valence electrons. The number of urea groups is 1. The molecular formula is C25H35N5O2. The van der Waals surface area contributed by atoms with Crippen molar-refractivity contribution in [2.24, 2.45) is 5.92 Å². The molecule has 0 saturated carbocycles. The fourth-order valence-corrected chi connectivity index (χ4v) is 3.98. The molecule has 2 aromatic carbocycles. The van der Waals surface area contributed by atoms with E-state index in [1.165, 1.54) is 5.56 Å². The van der Waals surface area contributed by atoms with Gasteiger partial charge in [0.2, 0.25) is 5.91 Å². The molecule has 0 bridgehead atoms. The third kappa shape index (κ3) is 6.80. The Morgan fingerprint density at radius 1 is 1.03 bits per heavy atom. The van der Waals surface area contributed by atoms with Crippen molar-refractivity contribution in [3.05, 3.63) is 66.2 Å². The van der Waals surface area contributed by atoms with Crippen molar-refractivity contribution in [2.45, 2.75) is 51.2 Å². The van der Waals surface area contributed by atoms with Gasteiger partial charge in [-0.25, -0.2) is 4.79 Å². The molecule has 1 saturated heterocycles. The highest BCUT2D eigenvalue weighted by molar-refractivity contribution is 5.93. The first-order chi connectivity index (χ1) is 15.4. The molecule has 0 spiro atoms. The lowest BCUT2D eigenvalue weighted by molar-refractivity contribution is -0.133. The average Bonchev–Trinajstić information content (AvgIpc) is 3.27. The van der Waals surface area contributed by atoms with Crippen LogP contribution in [-0.2, 0) is 4.79 Å². The summed E-state index contributed by atoms with van der Waals surface area (Å²) in [5.41, 5.74) is 8.73. The van der Waals surface area contributed by atoms with Crippen molar-refractivity contribution in [2.75, 3.05) is 18.9 Å². The summed E-state index contributed by atoms with van der Waals surface area (Å²) in [6.07, 6.45) is 2.89. The molecule has 3 unspecified atom stereocenters. The molecule has 7 heteroatoms. The Hall–Kier alpha value is -2.90. The topological polar surface area (TPSA) is 85.5 Å². The van der Waals surface area contributed by atoms with Crippen LogP contribution in [0.1, 0.15) is 44.7 Å². The number of benzene rings is 2. The summed E-state index contributed by atoms with van der Waals surface area (Å²) in [7, 11) is 1.81. The summed E-state index contributed by atoms with van der Waals surface area (Å²) in [5, 5.41) is 5.62. The van der Waals surface area contributed by atoms with Gasteiger partial charge in [-0.15, -0.1) is 0 Å². The number of nitrogens with zero attached hydrogens (tertiary/aromatic N) is 1. The normalized spacial score (nSPS) is 18.9. The molecule has 3 amide bonds. The molecule has 0 aliphatic carbocycles. The van der Waals surface area contributed by atoms with Gasteiger partial charge in [-0.05, 0) is 42.9 Å². The first-order valence-electron chi connectivity index (χ1n) is 11.4. The van der Waals surface area contributed by atoms with Crippen LogP contribution in [0.25, 0.3) is 0 Å². The second kappa shape index (κ2) is 11.6. The average molecular weight is 438 g/mol. The van der Waals surface area contributed by atoms with Crippen molar-refractivity contribution in [1.29, 1.82) is 0 Å². The Balaban J connectivity index is 1.43. The molecule has 0 radical (unpaired) electrons. The molecule has 7 nitrogen and oxygen atoms in total. The summed E-state index contributed by atoms with van der Waals surface area (Å²) < 4.78 is 0. The predicted octanol–water partition coefficient (Wildman–Crippen LogP) is 3.68. The van der Waals surface area contributed by atoms with Gasteiger partial charge in [-0.2, -0.15) is 0 Å². The van der Waals surface area contributed by atoms with Crippen LogP contribution in [0.2, 0.25) is 0 Å². The summed E-state index contributed by atoms with van der Waals surface area (Å²) in [6.45, 7) is 4.53. The smallest absolute Gasteiger partial charge is 0.319 e. The van der Waals surface area contributed by atoms with Crippen LogP contribution < -0.4 is 21.5 Å². The minimum Gasteiger partial charge on any atom is -0.344 e. The Bertz CT molecular complexity index is 859. The maximum Gasteiger partial charge on any atom is 0.319 e. The van der Waals surface area contributed by atoms with Crippen LogP contribution >= 0.6 is 0 Å². The molecule has 1 fully saturated rings. The minimum absolute atomic E-state index is 0.0150. The maximum atomic E-state index is 13.0. The summed E-state index contributed by atoms with van der Waals surface area (Å²) in [6, 6.07) is 19.4. The van der Waals surface area contributed by atoms with Crippen LogP contribution in [0.4, 0.5) is 10.5 Å². The van der Waals surface area contributed by atoms with E-state index in [4.69, 9.17) is 0 Å². The standard InChI is InChI=1S/C25H35N5O2/c1-18(2)23(27-25(32)26-20-13-8-5-9-14-20)24(31)30(3)16-10-15-21-17-22(29-28-21)19-11-6-4-7-12-19/h4-9,11-14,18,21-23,28-29H,10,15-17H2,1-3H3,(H2,26,27,32). The van der Waals surface area contributed by atoms with Crippen LogP contribution in [0, 0.1) is 5.92 Å². The number of carbonyl (C=O) groups is 2. The molecular weight excluding hydrogens is 402 g/mol. The van der Waals surface area contributed by atoms with E-state index in [0.29, 0.717) is 24.3 Å². The van der Waals surface area contributed by atoms with Gasteiger partial charge in [-0.3, -0.25) is 15.6 Å². The highest BCUT2D eigenvalue weighted by atomic mass is 16.2. The number of likely N-dealkylation sites (N-methyl/N-ethyl adjacent to an activating group) is 1. The molecule has 3 rings (SSSR count). The Morgan fingerprint density at radius 2 is 1.69 bits per heavy atom. The Morgan fingerprint density at radius 3 is 2.34 bits per heavy atom. The van der Waals surface area contributed by atoms with Gasteiger partial charge in [-0.1, -0.05) is 62.4 Å². The number of carbonyl (C=O) groups excluding carboxylic acids is 2. The van der Waals surface area contributed by atoms with Crippen LogP contribution in [0.5, 0.6) is 0 Å². The second-order valence-corrected chi connectivity index (χ2v) is 8.77. The second-order valence-electron chi connectivity index (χ2n) is 8.77. The monoisotopic (exact) mass is 437 g/mol. The molecule has 1 aliphatic rings. The Labute approximate surface area is 190 Å². The number of para-hydroxylation sites is 1. The SMILES string of the molecule is CC(C)C(NC(=O)Nc1ccccc1)C(=O)N(C)CCCC1CC(c2ccccc2)NN1. The summed E-state index contributed by atoms with van der Waals surface area (Å²) in [5.74, 6) is -0.0818. The molecule has 1 aliphatic heterocycles. The van der Waals surface area contributed by atoms with E-state index in [2.05, 4.69) is 45.8 Å². The van der Waals surface area contributed by atoms with Gasteiger partial charge in [0.1, 0.15) is 6.04 Å². The van der Waals surface area contributed by atoms with Gasteiger partial charge in [0.25, 0.3) is 0 Å². The number of anilines is 1. The first-order valence-corrected chi connectivity index (χ1v) is 11.4. The molecule has 4 N–H and O–H groups in total. The number of hydrogen-bond acceptors (Lipinski definition) is 4. The number of rotatable bonds is 9. The lowest BCUT2D eigenvalue weighted by Gasteiger charge is -2.27. The number of hydrazine groups is 1. The molecule has 1 heterocycles. The van der Waals surface area contributed by atoms with E-state index in [1.54, 1.807) is 4.90 Å². The lowest BCUT2D eigenvalue weighted by atomic mass is 9.99. The van der Waals surface area contributed by atoms with E-state index >= 15 is 0 Å². The van der Waals surface area contributed by atoms with E-state index < -0.39 is 6.04 Å². The molecule has 0 aromatic heterocycles. The Kier molecular flexibility index (Phi) is 8.64. The van der Waals surface area contributed by atoms with Gasteiger partial charge in [0.15, 0.2) is 0 Å². The highest BCUT2D eigenvalue weighted by Gasteiger charge is 2.28. The van der Waals surface area contributed by atoms with E-state index in [1.807, 2.05) is 57.3 Å². The van der Waals surface area contributed by atoms with E-state index in [9.17, 15) is 9.59 Å². The zero-order valence-electron chi connectivity index (χ0n) is 19.2. The van der Waals surface area contributed by atoms with E-state index in [-0.39, 0.29) is 17.9 Å². The predicted molar refractivity (Wildman–Crippen MR) is 128 cm³/mol. The zero-order valence-corrected chi connectivity index (χ0v) is 19.2. The largest absolute Gasteiger partial charge is 0.344 e. The van der Waals surface area contributed by atoms with Gasteiger partial charge < -0.3 is 15.5 Å². The summed E-state index contributed by atoms with van der Waals surface area (Å²) >= 11 is 0. The van der Waals surface area contributed by atoms with Crippen molar-refractivity contribution in [1.82, 2.24) is 21.1 Å². The van der Waals surface area contributed by atoms with Gasteiger partial charge in [0.05, 0.1) is 0 Å². The third-order valence-electron chi connectivity index (χ3n) is 5.86. The highest BCUT2D eigenvalue weighted by Crippen LogP contribution is 2.23. The lowest BCUT2D eigenvalue weighted by Crippen LogP contribution is -2.51. The third-order valence-corrected chi connectivity index (χ3v) is 5.86. The van der Waals surface area contributed by atoms with Crippen LogP contribution in [0.15, 0.2) is 60.7 Å². The fourth-order valence-electron chi connectivity index (χ4n) is 3.98. The van der Waals surface area contributed by atoms with Gasteiger partial charge in [0, 0.05) is 31.4 Å². The minimum atomic E-state index is -0.572. The number of amides is 3. The van der Waals surface area contributed by atoms with Crippen molar-refractivity contribution < 1.29 is 9.59 Å². The fraction of sp³-hybridized carbons (Fsp3) is 0.440. The summed E-state index contributed by atoms with van der Waals surface area (Å²) in [4.78, 5) is 27.1. The molecule has 2 aromatic rings. The molecule has 32 heavy (non-hydrogen) atoms. The first kappa shape index (κ1) is 23.8. The molecule has 3 atom stereocenters. The number of hydrogen-bond donors (Lipinski definition) is 4. The zero-order chi connectivity index (χ0) is 22.9. The van der Waals surface area contributed by atoms with Crippen molar-refractivity contribution in [3.8, 4) is 0 Å². The van der Waals surface area contributed by atoms with E-state index in [0.717, 1.165) is 19.3 Å².